The van der Waals surface area contributed by atoms with Crippen LogP contribution in [0.5, 0.6) is 0 Å². The fraction of sp³-hybridized carbons (Fsp3) is 0.500. The molecule has 1 heterocycles. The number of rotatable bonds is 13. The molecule has 0 spiro atoms. The molecular weight excluding hydrogens is 457 g/mol. The number of benzene rings is 1. The third kappa shape index (κ3) is 7.78. The predicted octanol–water partition coefficient (Wildman–Crippen LogP) is 1.87. The van der Waals surface area contributed by atoms with E-state index in [9.17, 15) is 23.6 Å². The summed E-state index contributed by atoms with van der Waals surface area (Å²) < 4.78 is 19.6. The SMILES string of the molecule is CCCCN(C(=O)CN(CC(=O)OCC)Cc1ccc(F)cc1)c1c(N)n(CCC)c(=O)[nH]c1=O. The molecule has 192 valence electrons. The lowest BCUT2D eigenvalue weighted by Gasteiger charge is -2.28. The number of nitrogens with two attached hydrogens (primary N) is 1. The lowest BCUT2D eigenvalue weighted by atomic mass is 10.2. The molecule has 0 saturated heterocycles. The summed E-state index contributed by atoms with van der Waals surface area (Å²) in [5, 5.41) is 0. The standard InChI is InChI=1S/C24H34FN5O5/c1-4-7-13-29(21-22(26)30(12-5-2)24(34)27-23(21)33)19(31)15-28(16-20(32)35-6-3)14-17-8-10-18(25)11-9-17/h8-11H,4-7,12-16,26H2,1-3H3,(H,27,33,34). The van der Waals surface area contributed by atoms with Crippen LogP contribution in [-0.4, -0.2) is 52.6 Å². The summed E-state index contributed by atoms with van der Waals surface area (Å²) in [6.45, 7) is 5.92. The third-order valence-electron chi connectivity index (χ3n) is 5.30. The average Bonchev–Trinajstić information content (AvgIpc) is 2.80. The van der Waals surface area contributed by atoms with Crippen LogP contribution in [0.4, 0.5) is 15.9 Å². The summed E-state index contributed by atoms with van der Waals surface area (Å²) in [5.74, 6) is -1.47. The van der Waals surface area contributed by atoms with Crippen LogP contribution < -0.4 is 21.9 Å². The number of aromatic nitrogens is 2. The lowest BCUT2D eigenvalue weighted by molar-refractivity contribution is -0.144. The second kappa shape index (κ2) is 13.4. The molecular formula is C24H34FN5O5. The van der Waals surface area contributed by atoms with E-state index in [1.165, 1.54) is 21.6 Å². The van der Waals surface area contributed by atoms with Crippen LogP contribution in [-0.2, 0) is 27.4 Å². The Balaban J connectivity index is 2.41. The van der Waals surface area contributed by atoms with Crippen LogP contribution in [0.3, 0.4) is 0 Å². The van der Waals surface area contributed by atoms with E-state index in [2.05, 4.69) is 4.98 Å². The van der Waals surface area contributed by atoms with Crippen molar-refractivity contribution < 1.29 is 18.7 Å². The van der Waals surface area contributed by atoms with Crippen LogP contribution in [0.25, 0.3) is 0 Å². The molecule has 2 aromatic rings. The second-order valence-corrected chi connectivity index (χ2v) is 8.12. The van der Waals surface area contributed by atoms with Gasteiger partial charge in [0.15, 0.2) is 5.69 Å². The third-order valence-corrected chi connectivity index (χ3v) is 5.30. The van der Waals surface area contributed by atoms with Gasteiger partial charge in [0.2, 0.25) is 5.91 Å². The summed E-state index contributed by atoms with van der Waals surface area (Å²) in [6.07, 6.45) is 1.94. The van der Waals surface area contributed by atoms with Crippen LogP contribution in [0.15, 0.2) is 33.9 Å². The van der Waals surface area contributed by atoms with E-state index in [-0.39, 0.29) is 50.8 Å². The molecule has 11 heteroatoms. The van der Waals surface area contributed by atoms with Gasteiger partial charge in [-0.2, -0.15) is 0 Å². The number of ether oxygens (including phenoxy) is 1. The second-order valence-electron chi connectivity index (χ2n) is 8.12. The van der Waals surface area contributed by atoms with Gasteiger partial charge < -0.3 is 15.4 Å². The van der Waals surface area contributed by atoms with Crippen LogP contribution in [0.2, 0.25) is 0 Å². The molecule has 0 aliphatic heterocycles. The maximum Gasteiger partial charge on any atom is 0.330 e. The molecule has 0 saturated carbocycles. The number of amides is 1. The van der Waals surface area contributed by atoms with E-state index in [4.69, 9.17) is 10.5 Å². The van der Waals surface area contributed by atoms with E-state index < -0.39 is 28.9 Å². The van der Waals surface area contributed by atoms with Crippen LogP contribution in [0, 0.1) is 5.82 Å². The predicted molar refractivity (Wildman–Crippen MR) is 132 cm³/mol. The monoisotopic (exact) mass is 491 g/mol. The molecule has 0 atom stereocenters. The number of aromatic amines is 1. The zero-order valence-corrected chi connectivity index (χ0v) is 20.5. The molecule has 0 unspecified atom stereocenters. The number of nitrogens with zero attached hydrogens (tertiary/aromatic N) is 3. The van der Waals surface area contributed by atoms with Gasteiger partial charge in [-0.05, 0) is 37.5 Å². The topological polar surface area (TPSA) is 131 Å². The average molecular weight is 492 g/mol. The Kier molecular flexibility index (Phi) is 10.7. The summed E-state index contributed by atoms with van der Waals surface area (Å²) in [6, 6.07) is 5.72. The molecule has 1 aromatic heterocycles. The Morgan fingerprint density at radius 1 is 1.09 bits per heavy atom. The fourth-order valence-corrected chi connectivity index (χ4v) is 3.64. The van der Waals surface area contributed by atoms with E-state index in [0.717, 1.165) is 6.42 Å². The van der Waals surface area contributed by atoms with Gasteiger partial charge >= 0.3 is 11.7 Å². The van der Waals surface area contributed by atoms with Gasteiger partial charge in [0.1, 0.15) is 11.6 Å². The fourth-order valence-electron chi connectivity index (χ4n) is 3.64. The van der Waals surface area contributed by atoms with E-state index in [0.29, 0.717) is 18.4 Å². The van der Waals surface area contributed by atoms with E-state index >= 15 is 0 Å². The maximum atomic E-state index is 13.5. The van der Waals surface area contributed by atoms with Crippen molar-refractivity contribution in [2.75, 3.05) is 36.9 Å². The van der Waals surface area contributed by atoms with Gasteiger partial charge in [0.25, 0.3) is 5.56 Å². The van der Waals surface area contributed by atoms with Crippen molar-refractivity contribution in [2.45, 2.75) is 53.1 Å². The normalized spacial score (nSPS) is 11.0. The molecule has 0 bridgehead atoms. The highest BCUT2D eigenvalue weighted by atomic mass is 19.1. The van der Waals surface area contributed by atoms with Crippen molar-refractivity contribution in [3.05, 3.63) is 56.5 Å². The van der Waals surface area contributed by atoms with Gasteiger partial charge in [0.05, 0.1) is 19.7 Å². The number of hydrogen-bond donors (Lipinski definition) is 2. The van der Waals surface area contributed by atoms with Crippen LogP contribution in [0.1, 0.15) is 45.6 Å². The number of nitrogen functional groups attached to an aromatic ring is 1. The zero-order valence-electron chi connectivity index (χ0n) is 20.5. The van der Waals surface area contributed by atoms with Gasteiger partial charge in [0, 0.05) is 19.6 Å². The van der Waals surface area contributed by atoms with Crippen LogP contribution >= 0.6 is 0 Å². The molecule has 1 aromatic carbocycles. The summed E-state index contributed by atoms with van der Waals surface area (Å²) >= 11 is 0. The molecule has 1 amide bonds. The summed E-state index contributed by atoms with van der Waals surface area (Å²) in [5.41, 5.74) is 5.41. The first-order valence-corrected chi connectivity index (χ1v) is 11.8. The van der Waals surface area contributed by atoms with Crippen molar-refractivity contribution in [1.29, 1.82) is 0 Å². The Morgan fingerprint density at radius 2 is 1.77 bits per heavy atom. The Hall–Kier alpha value is -3.47. The molecule has 0 aliphatic carbocycles. The number of anilines is 2. The molecule has 0 fully saturated rings. The Bertz CT molecular complexity index is 1110. The number of halogens is 1. The minimum Gasteiger partial charge on any atom is -0.465 e. The molecule has 2 rings (SSSR count). The first-order chi connectivity index (χ1) is 16.7. The van der Waals surface area contributed by atoms with E-state index in [1.807, 2.05) is 13.8 Å². The van der Waals surface area contributed by atoms with E-state index in [1.54, 1.807) is 24.0 Å². The highest BCUT2D eigenvalue weighted by molar-refractivity contribution is 5.97. The minimum atomic E-state index is -0.750. The number of carbonyl (C=O) groups excluding carboxylic acids is 2. The zero-order chi connectivity index (χ0) is 26.0. The molecule has 10 nitrogen and oxygen atoms in total. The molecule has 0 radical (unpaired) electrons. The number of nitrogens with one attached hydrogen (secondary N) is 1. The van der Waals surface area contributed by atoms with Gasteiger partial charge in [-0.25, -0.2) is 9.18 Å². The molecule has 35 heavy (non-hydrogen) atoms. The smallest absolute Gasteiger partial charge is 0.330 e. The highest BCUT2D eigenvalue weighted by Gasteiger charge is 2.26. The maximum absolute atomic E-state index is 13.5. The van der Waals surface area contributed by atoms with Crippen molar-refractivity contribution >= 4 is 23.4 Å². The van der Waals surface area contributed by atoms with Crippen molar-refractivity contribution in [3.8, 4) is 0 Å². The number of unbranched alkanes of at least 4 members (excludes halogenated alkanes) is 1. The van der Waals surface area contributed by atoms with Gasteiger partial charge in [-0.3, -0.25) is 28.8 Å². The largest absolute Gasteiger partial charge is 0.465 e. The van der Waals surface area contributed by atoms with Crippen molar-refractivity contribution in [3.63, 3.8) is 0 Å². The minimum absolute atomic E-state index is 0.0828. The number of H-pyrrole nitrogens is 1. The van der Waals surface area contributed by atoms with Crippen molar-refractivity contribution in [1.82, 2.24) is 14.5 Å². The van der Waals surface area contributed by atoms with Crippen molar-refractivity contribution in [2.24, 2.45) is 0 Å². The first-order valence-electron chi connectivity index (χ1n) is 11.8. The molecule has 3 N–H and O–H groups in total. The number of hydrogen-bond acceptors (Lipinski definition) is 7. The summed E-state index contributed by atoms with van der Waals surface area (Å²) in [4.78, 5) is 55.7. The van der Waals surface area contributed by atoms with Gasteiger partial charge in [-0.1, -0.05) is 32.4 Å². The first kappa shape index (κ1) is 27.8. The highest BCUT2D eigenvalue weighted by Crippen LogP contribution is 2.19. The Labute approximate surface area is 203 Å². The number of carbonyl (C=O) groups is 2. The lowest BCUT2D eigenvalue weighted by Crippen LogP contribution is -2.46. The Morgan fingerprint density at radius 3 is 2.37 bits per heavy atom. The quantitative estimate of drug-likeness (QED) is 0.409. The number of esters is 1. The van der Waals surface area contributed by atoms with Gasteiger partial charge in [-0.15, -0.1) is 0 Å². The summed E-state index contributed by atoms with van der Waals surface area (Å²) in [7, 11) is 0. The molecule has 0 aliphatic rings.